The van der Waals surface area contributed by atoms with Crippen LogP contribution in [-0.4, -0.2) is 45.0 Å². The second kappa shape index (κ2) is 7.67. The van der Waals surface area contributed by atoms with Crippen LogP contribution in [0.5, 0.6) is 11.5 Å². The third kappa shape index (κ3) is 4.07. The average Bonchev–Trinajstić information content (AvgIpc) is 2.76. The molecule has 1 saturated heterocycles. The second-order valence-corrected chi connectivity index (χ2v) is 6.89. The lowest BCUT2D eigenvalue weighted by molar-refractivity contribution is -0.137. The minimum absolute atomic E-state index is 0.0129. The number of aromatic hydroxyl groups is 1. The molecule has 2 rings (SSSR count). The molecule has 1 aliphatic heterocycles. The van der Waals surface area contributed by atoms with Crippen LogP contribution < -0.4 is 4.74 Å². The Bertz CT molecular complexity index is 729. The van der Waals surface area contributed by atoms with Crippen molar-refractivity contribution in [3.63, 3.8) is 0 Å². The number of thiocarbonyl (C=S) groups is 1. The maximum atomic E-state index is 12.5. The van der Waals surface area contributed by atoms with E-state index < -0.39 is 5.97 Å². The summed E-state index contributed by atoms with van der Waals surface area (Å²) in [6.45, 7) is 2.08. The molecule has 0 saturated carbocycles. The van der Waals surface area contributed by atoms with E-state index in [1.165, 1.54) is 29.8 Å². The Morgan fingerprint density at radius 3 is 2.79 bits per heavy atom. The molecule has 1 amide bonds. The molecular weight excluding hydrogens is 350 g/mol. The predicted octanol–water partition coefficient (Wildman–Crippen LogP) is 2.78. The van der Waals surface area contributed by atoms with Crippen LogP contribution in [0.2, 0.25) is 0 Å². The van der Waals surface area contributed by atoms with Crippen LogP contribution in [0.15, 0.2) is 17.0 Å². The van der Waals surface area contributed by atoms with Crippen LogP contribution >= 0.6 is 24.0 Å². The van der Waals surface area contributed by atoms with E-state index in [4.69, 9.17) is 22.1 Å². The highest BCUT2D eigenvalue weighted by atomic mass is 32.2. The summed E-state index contributed by atoms with van der Waals surface area (Å²) in [4.78, 5) is 24.9. The number of phenolic OH excluding ortho intramolecular Hbond substituents is 1. The number of rotatable bonds is 6. The van der Waals surface area contributed by atoms with Crippen LogP contribution in [0.3, 0.4) is 0 Å². The van der Waals surface area contributed by atoms with Crippen molar-refractivity contribution in [2.45, 2.75) is 19.8 Å². The molecule has 1 aromatic carbocycles. The fourth-order valence-electron chi connectivity index (χ4n) is 2.31. The lowest BCUT2D eigenvalue weighted by atomic mass is 10.1. The zero-order valence-corrected chi connectivity index (χ0v) is 14.9. The van der Waals surface area contributed by atoms with E-state index in [-0.39, 0.29) is 24.6 Å². The monoisotopic (exact) mass is 367 g/mol. The van der Waals surface area contributed by atoms with Crippen LogP contribution in [0.4, 0.5) is 0 Å². The maximum Gasteiger partial charge on any atom is 0.303 e. The van der Waals surface area contributed by atoms with Crippen molar-refractivity contribution in [2.75, 3.05) is 13.7 Å². The standard InChI is InChI=1S/C16H17NO5S2/c1-9-6-10(18)7-12(22-2)11(9)8-13-15(21)17(16(23)24-13)5-3-4-14(19)20/h6-8,18H,3-5H2,1-2H3,(H,19,20)/b13-8-. The summed E-state index contributed by atoms with van der Waals surface area (Å²) < 4.78 is 5.67. The zero-order chi connectivity index (χ0) is 17.9. The molecule has 1 aromatic rings. The molecule has 0 atom stereocenters. The Labute approximate surface area is 149 Å². The molecule has 2 N–H and O–H groups in total. The number of methoxy groups -OCH3 is 1. The molecule has 0 radical (unpaired) electrons. The lowest BCUT2D eigenvalue weighted by Gasteiger charge is -2.13. The highest BCUT2D eigenvalue weighted by Gasteiger charge is 2.32. The van der Waals surface area contributed by atoms with Gasteiger partial charge < -0.3 is 14.9 Å². The molecule has 0 bridgehead atoms. The normalized spacial score (nSPS) is 16.1. The number of hydrogen-bond donors (Lipinski definition) is 2. The van der Waals surface area contributed by atoms with Gasteiger partial charge in [-0.25, -0.2) is 0 Å². The molecule has 1 fully saturated rings. The number of carbonyl (C=O) groups excluding carboxylic acids is 1. The van der Waals surface area contributed by atoms with Gasteiger partial charge in [-0.1, -0.05) is 24.0 Å². The number of hydrogen-bond acceptors (Lipinski definition) is 6. The number of carboxylic acids is 1. The summed E-state index contributed by atoms with van der Waals surface area (Å²) in [6, 6.07) is 3.06. The number of benzene rings is 1. The number of aryl methyl sites for hydroxylation is 1. The van der Waals surface area contributed by atoms with Crippen molar-refractivity contribution in [1.29, 1.82) is 0 Å². The molecule has 1 aliphatic rings. The van der Waals surface area contributed by atoms with E-state index in [1.807, 2.05) is 6.92 Å². The molecule has 8 heteroatoms. The second-order valence-electron chi connectivity index (χ2n) is 5.21. The van der Waals surface area contributed by atoms with Crippen molar-refractivity contribution in [3.05, 3.63) is 28.2 Å². The number of phenols is 1. The molecule has 0 aliphatic carbocycles. The lowest BCUT2D eigenvalue weighted by Crippen LogP contribution is -2.29. The summed E-state index contributed by atoms with van der Waals surface area (Å²) in [6.07, 6.45) is 2.02. The molecular formula is C16H17NO5S2. The number of amides is 1. The smallest absolute Gasteiger partial charge is 0.303 e. The first-order valence-electron chi connectivity index (χ1n) is 7.18. The first kappa shape index (κ1) is 18.3. The summed E-state index contributed by atoms with van der Waals surface area (Å²) in [5.74, 6) is -0.600. The number of thioether (sulfide) groups is 1. The van der Waals surface area contributed by atoms with Gasteiger partial charge in [0.25, 0.3) is 5.91 Å². The van der Waals surface area contributed by atoms with Crippen molar-refractivity contribution in [3.8, 4) is 11.5 Å². The minimum atomic E-state index is -0.902. The van der Waals surface area contributed by atoms with Crippen molar-refractivity contribution in [2.24, 2.45) is 0 Å². The van der Waals surface area contributed by atoms with E-state index in [1.54, 1.807) is 12.1 Å². The number of ether oxygens (including phenoxy) is 1. The van der Waals surface area contributed by atoms with E-state index >= 15 is 0 Å². The third-order valence-corrected chi connectivity index (χ3v) is 4.85. The fraction of sp³-hybridized carbons (Fsp3) is 0.312. The van der Waals surface area contributed by atoms with E-state index in [2.05, 4.69) is 0 Å². The van der Waals surface area contributed by atoms with Crippen LogP contribution in [0.1, 0.15) is 24.0 Å². The first-order chi connectivity index (χ1) is 11.3. The van der Waals surface area contributed by atoms with Crippen molar-refractivity contribution < 1.29 is 24.5 Å². The minimum Gasteiger partial charge on any atom is -0.508 e. The number of carboxylic acid groups (broad SMARTS) is 1. The molecule has 0 unspecified atom stereocenters. The van der Waals surface area contributed by atoms with E-state index in [0.717, 1.165) is 5.56 Å². The maximum absolute atomic E-state index is 12.5. The Morgan fingerprint density at radius 2 is 2.17 bits per heavy atom. The quantitative estimate of drug-likeness (QED) is 0.590. The summed E-state index contributed by atoms with van der Waals surface area (Å²) >= 11 is 6.38. The van der Waals surface area contributed by atoms with Gasteiger partial charge in [-0.3, -0.25) is 14.5 Å². The fourth-order valence-corrected chi connectivity index (χ4v) is 3.60. The van der Waals surface area contributed by atoms with Gasteiger partial charge in [0.15, 0.2) is 0 Å². The van der Waals surface area contributed by atoms with Gasteiger partial charge in [-0.2, -0.15) is 0 Å². The van der Waals surface area contributed by atoms with Gasteiger partial charge in [0, 0.05) is 24.6 Å². The Morgan fingerprint density at radius 1 is 1.46 bits per heavy atom. The third-order valence-electron chi connectivity index (χ3n) is 3.47. The van der Waals surface area contributed by atoms with Crippen LogP contribution in [0.25, 0.3) is 6.08 Å². The van der Waals surface area contributed by atoms with Crippen LogP contribution in [0, 0.1) is 6.92 Å². The molecule has 0 spiro atoms. The highest BCUT2D eigenvalue weighted by Crippen LogP contribution is 2.36. The van der Waals surface area contributed by atoms with Gasteiger partial charge in [0.1, 0.15) is 15.8 Å². The Kier molecular flexibility index (Phi) is 5.84. The SMILES string of the molecule is COc1cc(O)cc(C)c1/C=C1\SC(=S)N(CCCC(=O)O)C1=O. The first-order valence-corrected chi connectivity index (χ1v) is 8.40. The summed E-state index contributed by atoms with van der Waals surface area (Å²) in [7, 11) is 1.49. The van der Waals surface area contributed by atoms with Gasteiger partial charge in [-0.15, -0.1) is 0 Å². The highest BCUT2D eigenvalue weighted by molar-refractivity contribution is 8.26. The molecule has 6 nitrogen and oxygen atoms in total. The zero-order valence-electron chi connectivity index (χ0n) is 13.2. The van der Waals surface area contributed by atoms with E-state index in [9.17, 15) is 14.7 Å². The van der Waals surface area contributed by atoms with Crippen molar-refractivity contribution >= 4 is 46.3 Å². The molecule has 1 heterocycles. The van der Waals surface area contributed by atoms with Crippen LogP contribution in [-0.2, 0) is 9.59 Å². The van der Waals surface area contributed by atoms with Gasteiger partial charge in [0.05, 0.1) is 12.0 Å². The van der Waals surface area contributed by atoms with Gasteiger partial charge in [0.2, 0.25) is 0 Å². The molecule has 128 valence electrons. The number of carbonyl (C=O) groups is 2. The summed E-state index contributed by atoms with van der Waals surface area (Å²) in [5.41, 5.74) is 1.46. The topological polar surface area (TPSA) is 87.1 Å². The summed E-state index contributed by atoms with van der Waals surface area (Å²) in [5, 5.41) is 18.3. The largest absolute Gasteiger partial charge is 0.508 e. The molecule has 24 heavy (non-hydrogen) atoms. The number of nitrogens with zero attached hydrogens (tertiary/aromatic N) is 1. The van der Waals surface area contributed by atoms with Gasteiger partial charge in [-0.05, 0) is 31.1 Å². The Hall–Kier alpha value is -2.06. The van der Waals surface area contributed by atoms with Crippen molar-refractivity contribution in [1.82, 2.24) is 4.90 Å². The average molecular weight is 367 g/mol. The van der Waals surface area contributed by atoms with Gasteiger partial charge >= 0.3 is 5.97 Å². The van der Waals surface area contributed by atoms with E-state index in [0.29, 0.717) is 27.0 Å². The molecule has 0 aromatic heterocycles. The predicted molar refractivity (Wildman–Crippen MR) is 96.1 cm³/mol. The Balaban J connectivity index is 2.24. The number of aliphatic carboxylic acids is 1.